The molecule has 4 nitrogen and oxygen atoms in total. The summed E-state index contributed by atoms with van der Waals surface area (Å²) < 4.78 is 6.35. The van der Waals surface area contributed by atoms with Crippen LogP contribution in [0.2, 0.25) is 0 Å². The zero-order chi connectivity index (χ0) is 17.7. The summed E-state index contributed by atoms with van der Waals surface area (Å²) in [6, 6.07) is 0. The van der Waals surface area contributed by atoms with Crippen molar-refractivity contribution in [2.75, 3.05) is 6.54 Å². The highest BCUT2D eigenvalue weighted by molar-refractivity contribution is 5.89. The molecule has 0 aromatic heterocycles. The van der Waals surface area contributed by atoms with E-state index in [4.69, 9.17) is 4.74 Å². The molecule has 0 saturated heterocycles. The number of rotatable bonds is 5. The molecule has 4 bridgehead atoms. The van der Waals surface area contributed by atoms with Crippen LogP contribution >= 0.6 is 0 Å². The molecule has 1 amide bonds. The van der Waals surface area contributed by atoms with Crippen molar-refractivity contribution in [3.8, 4) is 0 Å². The van der Waals surface area contributed by atoms with Gasteiger partial charge in [-0.2, -0.15) is 0 Å². The Morgan fingerprint density at radius 1 is 1.12 bits per heavy atom. The van der Waals surface area contributed by atoms with Crippen molar-refractivity contribution in [3.05, 3.63) is 12.7 Å². The third-order valence-electron chi connectivity index (χ3n) is 7.65. The van der Waals surface area contributed by atoms with E-state index in [0.717, 1.165) is 5.92 Å². The molecule has 2 unspecified atom stereocenters. The van der Waals surface area contributed by atoms with Gasteiger partial charge in [-0.1, -0.05) is 26.3 Å². The molecule has 0 aromatic rings. The van der Waals surface area contributed by atoms with Crippen LogP contribution in [0.4, 0.5) is 0 Å². The Balaban J connectivity index is 1.57. The number of hydrogen-bond acceptors (Lipinski definition) is 3. The normalized spacial score (nSPS) is 42.4. The highest BCUT2D eigenvalue weighted by atomic mass is 16.6. The van der Waals surface area contributed by atoms with Gasteiger partial charge in [-0.15, -0.1) is 0 Å². The van der Waals surface area contributed by atoms with Crippen molar-refractivity contribution in [2.24, 2.45) is 29.1 Å². The molecule has 0 spiro atoms. The monoisotopic (exact) mass is 345 g/mol. The average Bonchev–Trinajstić information content (AvgIpc) is 3.09. The molecule has 5 saturated carbocycles. The van der Waals surface area contributed by atoms with Crippen LogP contribution in [-0.2, 0) is 14.3 Å². The summed E-state index contributed by atoms with van der Waals surface area (Å²) >= 11 is 0. The molecular weight excluding hydrogens is 314 g/mol. The van der Waals surface area contributed by atoms with Crippen LogP contribution in [0, 0.1) is 29.1 Å². The maximum Gasteiger partial charge on any atom is 0.325 e. The summed E-state index contributed by atoms with van der Waals surface area (Å²) in [6.45, 7) is 5.84. The van der Waals surface area contributed by atoms with Gasteiger partial charge in [0.25, 0.3) is 0 Å². The van der Waals surface area contributed by atoms with E-state index in [-0.39, 0.29) is 24.0 Å². The molecular formula is C21H31NO3. The largest absolute Gasteiger partial charge is 0.457 e. The number of amides is 1. The van der Waals surface area contributed by atoms with Gasteiger partial charge in [0.2, 0.25) is 5.91 Å². The summed E-state index contributed by atoms with van der Waals surface area (Å²) in [7, 11) is 0. The maximum absolute atomic E-state index is 12.6. The van der Waals surface area contributed by atoms with Crippen molar-refractivity contribution in [3.63, 3.8) is 0 Å². The Bertz CT molecular complexity index is 562. The Morgan fingerprint density at radius 3 is 2.32 bits per heavy atom. The average molecular weight is 345 g/mol. The van der Waals surface area contributed by atoms with Crippen LogP contribution in [0.1, 0.15) is 64.7 Å². The van der Waals surface area contributed by atoms with E-state index < -0.39 is 0 Å². The molecule has 5 aliphatic carbocycles. The first kappa shape index (κ1) is 17.1. The Hall–Kier alpha value is -1.32. The molecule has 0 radical (unpaired) electrons. The molecule has 0 aliphatic heterocycles. The second-order valence-electron chi connectivity index (χ2n) is 9.39. The van der Waals surface area contributed by atoms with Gasteiger partial charge in [-0.25, -0.2) is 0 Å². The molecule has 5 fully saturated rings. The standard InChI is InChI=1S/C21H31NO3/c1-3-18(23)22-13-19(24)25-21(15-6-4-5-7-15)16-8-14-9-17(21)12-20(2,10-14)11-16/h3,14-17H,1,4-13H2,2H3,(H,22,23). The van der Waals surface area contributed by atoms with Gasteiger partial charge in [0.1, 0.15) is 12.1 Å². The molecule has 2 atom stereocenters. The van der Waals surface area contributed by atoms with Crippen LogP contribution < -0.4 is 5.32 Å². The smallest absolute Gasteiger partial charge is 0.325 e. The van der Waals surface area contributed by atoms with Crippen molar-refractivity contribution >= 4 is 11.9 Å². The Morgan fingerprint density at radius 2 is 1.76 bits per heavy atom. The van der Waals surface area contributed by atoms with Gasteiger partial charge in [0.05, 0.1) is 0 Å². The van der Waals surface area contributed by atoms with E-state index >= 15 is 0 Å². The Labute approximate surface area is 150 Å². The van der Waals surface area contributed by atoms with Crippen LogP contribution in [0.3, 0.4) is 0 Å². The van der Waals surface area contributed by atoms with E-state index in [9.17, 15) is 9.59 Å². The van der Waals surface area contributed by atoms with E-state index in [1.807, 2.05) is 0 Å². The van der Waals surface area contributed by atoms with Crippen molar-refractivity contribution in [1.82, 2.24) is 5.32 Å². The van der Waals surface area contributed by atoms with Gasteiger partial charge in [0, 0.05) is 11.8 Å². The molecule has 0 aromatic carbocycles. The zero-order valence-electron chi connectivity index (χ0n) is 15.4. The quantitative estimate of drug-likeness (QED) is 0.612. The van der Waals surface area contributed by atoms with Crippen LogP contribution in [0.15, 0.2) is 12.7 Å². The molecule has 4 heteroatoms. The first-order valence-electron chi connectivity index (χ1n) is 10.1. The first-order chi connectivity index (χ1) is 11.9. The fourth-order valence-corrected chi connectivity index (χ4v) is 7.15. The van der Waals surface area contributed by atoms with E-state index in [1.54, 1.807) is 0 Å². The summed E-state index contributed by atoms with van der Waals surface area (Å²) in [5.41, 5.74) is 0.199. The molecule has 0 heterocycles. The van der Waals surface area contributed by atoms with Gasteiger partial charge in [-0.05, 0) is 68.3 Å². The van der Waals surface area contributed by atoms with Crippen LogP contribution in [0.25, 0.3) is 0 Å². The lowest BCUT2D eigenvalue weighted by Gasteiger charge is -2.65. The molecule has 5 rings (SSSR count). The molecule has 25 heavy (non-hydrogen) atoms. The summed E-state index contributed by atoms with van der Waals surface area (Å²) in [6.07, 6.45) is 12.4. The lowest BCUT2D eigenvalue weighted by molar-refractivity contribution is -0.241. The van der Waals surface area contributed by atoms with Crippen molar-refractivity contribution in [2.45, 2.75) is 70.3 Å². The maximum atomic E-state index is 12.6. The van der Waals surface area contributed by atoms with Gasteiger partial charge >= 0.3 is 5.97 Å². The second-order valence-corrected chi connectivity index (χ2v) is 9.39. The predicted octanol–water partition coefficient (Wildman–Crippen LogP) is 3.61. The molecule has 1 N–H and O–H groups in total. The fourth-order valence-electron chi connectivity index (χ4n) is 7.15. The first-order valence-corrected chi connectivity index (χ1v) is 10.1. The van der Waals surface area contributed by atoms with Crippen LogP contribution in [0.5, 0.6) is 0 Å². The molecule has 5 aliphatic rings. The van der Waals surface area contributed by atoms with Gasteiger partial charge in [0.15, 0.2) is 0 Å². The number of esters is 1. The van der Waals surface area contributed by atoms with Crippen LogP contribution in [-0.4, -0.2) is 24.0 Å². The highest BCUT2D eigenvalue weighted by Gasteiger charge is 2.65. The number of ether oxygens (including phenoxy) is 1. The van der Waals surface area contributed by atoms with E-state index in [0.29, 0.717) is 23.2 Å². The summed E-state index contributed by atoms with van der Waals surface area (Å²) in [5.74, 6) is 1.81. The summed E-state index contributed by atoms with van der Waals surface area (Å²) in [4.78, 5) is 24.0. The number of carbonyl (C=O) groups excluding carboxylic acids is 2. The fraction of sp³-hybridized carbons (Fsp3) is 0.810. The predicted molar refractivity (Wildman–Crippen MR) is 95.6 cm³/mol. The second kappa shape index (κ2) is 6.14. The minimum atomic E-state index is -0.315. The van der Waals surface area contributed by atoms with Crippen molar-refractivity contribution < 1.29 is 14.3 Å². The molecule has 138 valence electrons. The van der Waals surface area contributed by atoms with E-state index in [1.165, 1.54) is 63.9 Å². The van der Waals surface area contributed by atoms with Crippen molar-refractivity contribution in [1.29, 1.82) is 0 Å². The van der Waals surface area contributed by atoms with Gasteiger partial charge in [-0.3, -0.25) is 9.59 Å². The third-order valence-corrected chi connectivity index (χ3v) is 7.65. The topological polar surface area (TPSA) is 55.4 Å². The summed E-state index contributed by atoms with van der Waals surface area (Å²) in [5, 5.41) is 2.59. The zero-order valence-corrected chi connectivity index (χ0v) is 15.4. The number of hydrogen-bond donors (Lipinski definition) is 1. The lowest BCUT2D eigenvalue weighted by Crippen LogP contribution is -2.65. The minimum Gasteiger partial charge on any atom is -0.457 e. The lowest BCUT2D eigenvalue weighted by atomic mass is 9.43. The minimum absolute atomic E-state index is 0.0422. The van der Waals surface area contributed by atoms with Gasteiger partial charge < -0.3 is 10.1 Å². The SMILES string of the molecule is C=CC(=O)NCC(=O)OC1(C2CCCC2)C2CC3CC1CC(C)(C3)C2. The Kier molecular flexibility index (Phi) is 4.20. The highest BCUT2D eigenvalue weighted by Crippen LogP contribution is 2.67. The third kappa shape index (κ3) is 2.82. The number of carbonyl (C=O) groups is 2. The number of nitrogens with one attached hydrogen (secondary N) is 1. The van der Waals surface area contributed by atoms with E-state index in [2.05, 4.69) is 18.8 Å².